The van der Waals surface area contributed by atoms with Gasteiger partial charge in [0.1, 0.15) is 11.5 Å². The summed E-state index contributed by atoms with van der Waals surface area (Å²) in [5.74, 6) is 1.81. The van der Waals surface area contributed by atoms with Gasteiger partial charge < -0.3 is 20.5 Å². The highest BCUT2D eigenvalue weighted by Crippen LogP contribution is 2.13. The third kappa shape index (κ3) is 7.33. The average molecular weight is 344 g/mol. The fourth-order valence-electron chi connectivity index (χ4n) is 2.18. The van der Waals surface area contributed by atoms with Crippen LogP contribution >= 0.6 is 12.2 Å². The highest BCUT2D eigenvalue weighted by atomic mass is 32.1. The molecule has 0 saturated carbocycles. The Labute approximate surface area is 149 Å². The van der Waals surface area contributed by atoms with Gasteiger partial charge in [-0.1, -0.05) is 30.3 Å². The van der Waals surface area contributed by atoms with Crippen molar-refractivity contribution in [1.29, 1.82) is 0 Å². The number of hydrogen-bond acceptors (Lipinski definition) is 3. The van der Waals surface area contributed by atoms with Crippen LogP contribution in [0.25, 0.3) is 0 Å². The first-order chi connectivity index (χ1) is 11.7. The fraction of sp³-hybridized carbons (Fsp3) is 0.316. The predicted octanol–water partition coefficient (Wildman–Crippen LogP) is 3.30. The van der Waals surface area contributed by atoms with Crippen LogP contribution in [0.5, 0.6) is 11.5 Å². The summed E-state index contributed by atoms with van der Waals surface area (Å²) in [5.41, 5.74) is 6.62. The number of nitrogens with two attached hydrogens (primary N) is 1. The molecule has 5 heteroatoms. The fourth-order valence-corrected chi connectivity index (χ4v) is 2.29. The molecule has 3 N–H and O–H groups in total. The molecule has 0 bridgehead atoms. The van der Waals surface area contributed by atoms with E-state index in [9.17, 15) is 0 Å². The second-order valence-corrected chi connectivity index (χ2v) is 5.84. The Hall–Kier alpha value is -2.27. The van der Waals surface area contributed by atoms with Gasteiger partial charge in [-0.25, -0.2) is 0 Å². The number of nitrogens with one attached hydrogen (secondary N) is 1. The van der Waals surface area contributed by atoms with Crippen molar-refractivity contribution >= 4 is 17.3 Å². The number of thiocarbonyl (C=S) groups is 1. The molecule has 0 heterocycles. The molecular formula is C19H24N2O2S. The Morgan fingerprint density at radius 1 is 0.875 bits per heavy atom. The third-order valence-electron chi connectivity index (χ3n) is 3.46. The van der Waals surface area contributed by atoms with E-state index < -0.39 is 0 Å². The van der Waals surface area contributed by atoms with Crippen molar-refractivity contribution in [2.45, 2.75) is 19.3 Å². The molecule has 2 rings (SSSR count). The first-order valence-electron chi connectivity index (χ1n) is 8.17. The topological polar surface area (TPSA) is 56.5 Å². The number of rotatable bonds is 10. The largest absolute Gasteiger partial charge is 0.494 e. The van der Waals surface area contributed by atoms with E-state index >= 15 is 0 Å². The lowest BCUT2D eigenvalue weighted by Crippen LogP contribution is -2.30. The van der Waals surface area contributed by atoms with Crippen molar-refractivity contribution in [2.75, 3.05) is 19.8 Å². The van der Waals surface area contributed by atoms with E-state index in [0.29, 0.717) is 18.3 Å². The van der Waals surface area contributed by atoms with Crippen LogP contribution in [0.15, 0.2) is 54.6 Å². The van der Waals surface area contributed by atoms with Crippen molar-refractivity contribution in [2.24, 2.45) is 5.73 Å². The van der Waals surface area contributed by atoms with Gasteiger partial charge in [0.25, 0.3) is 0 Å². The zero-order valence-electron chi connectivity index (χ0n) is 13.7. The van der Waals surface area contributed by atoms with Gasteiger partial charge >= 0.3 is 0 Å². The summed E-state index contributed by atoms with van der Waals surface area (Å²) < 4.78 is 11.4. The highest BCUT2D eigenvalue weighted by Gasteiger charge is 1.98. The molecule has 0 aliphatic heterocycles. The number of benzene rings is 2. The Morgan fingerprint density at radius 2 is 1.46 bits per heavy atom. The lowest BCUT2D eigenvalue weighted by molar-refractivity contribution is 0.266. The summed E-state index contributed by atoms with van der Waals surface area (Å²) >= 11 is 4.78. The molecule has 0 unspecified atom stereocenters. The number of unbranched alkanes of at least 4 members (excludes halogenated alkanes) is 1. The van der Waals surface area contributed by atoms with Crippen LogP contribution in [-0.2, 0) is 6.42 Å². The first-order valence-corrected chi connectivity index (χ1v) is 8.58. The molecule has 0 radical (unpaired) electrons. The first kappa shape index (κ1) is 18.1. The maximum absolute atomic E-state index is 5.74. The van der Waals surface area contributed by atoms with E-state index in [1.54, 1.807) is 0 Å². The molecule has 0 atom stereocenters. The van der Waals surface area contributed by atoms with Gasteiger partial charge in [-0.05, 0) is 61.3 Å². The summed E-state index contributed by atoms with van der Waals surface area (Å²) in [5, 5.41) is 3.28. The summed E-state index contributed by atoms with van der Waals surface area (Å²) in [6, 6.07) is 18.0. The van der Waals surface area contributed by atoms with Crippen LogP contribution in [0.1, 0.15) is 18.4 Å². The molecule has 2 aromatic carbocycles. The molecule has 128 valence electrons. The summed E-state index contributed by atoms with van der Waals surface area (Å²) in [6.07, 6.45) is 2.82. The SMILES string of the molecule is NC(=S)NCCc1ccc(OCCCCOc2ccccc2)cc1. The zero-order valence-corrected chi connectivity index (χ0v) is 14.6. The third-order valence-corrected chi connectivity index (χ3v) is 3.60. The maximum atomic E-state index is 5.74. The second kappa shape index (κ2) is 10.5. The van der Waals surface area contributed by atoms with Crippen LogP contribution in [0.4, 0.5) is 0 Å². The van der Waals surface area contributed by atoms with Crippen LogP contribution in [0.3, 0.4) is 0 Å². The highest BCUT2D eigenvalue weighted by molar-refractivity contribution is 7.80. The quantitative estimate of drug-likeness (QED) is 0.512. The molecule has 0 aliphatic carbocycles. The minimum atomic E-state index is 0.339. The Balaban J connectivity index is 1.56. The molecule has 0 spiro atoms. The van der Waals surface area contributed by atoms with Crippen molar-refractivity contribution < 1.29 is 9.47 Å². The predicted molar refractivity (Wildman–Crippen MR) is 102 cm³/mol. The van der Waals surface area contributed by atoms with E-state index in [1.165, 1.54) is 5.56 Å². The minimum absolute atomic E-state index is 0.339. The number of para-hydroxylation sites is 1. The van der Waals surface area contributed by atoms with Gasteiger partial charge in [0.2, 0.25) is 0 Å². The van der Waals surface area contributed by atoms with Gasteiger partial charge in [0, 0.05) is 6.54 Å². The van der Waals surface area contributed by atoms with Crippen molar-refractivity contribution in [3.05, 3.63) is 60.2 Å². The van der Waals surface area contributed by atoms with Crippen LogP contribution in [-0.4, -0.2) is 24.9 Å². The summed E-state index contributed by atoms with van der Waals surface area (Å²) in [7, 11) is 0. The summed E-state index contributed by atoms with van der Waals surface area (Å²) in [6.45, 7) is 2.15. The van der Waals surface area contributed by atoms with Crippen molar-refractivity contribution in [1.82, 2.24) is 5.32 Å². The van der Waals surface area contributed by atoms with Crippen LogP contribution in [0.2, 0.25) is 0 Å². The number of hydrogen-bond donors (Lipinski definition) is 2. The lowest BCUT2D eigenvalue weighted by atomic mass is 10.1. The van der Waals surface area contributed by atoms with Gasteiger partial charge in [0.15, 0.2) is 5.11 Å². The van der Waals surface area contributed by atoms with Crippen LogP contribution < -0.4 is 20.5 Å². The van der Waals surface area contributed by atoms with Crippen molar-refractivity contribution in [3.63, 3.8) is 0 Å². The molecule has 4 nitrogen and oxygen atoms in total. The van der Waals surface area contributed by atoms with Gasteiger partial charge in [0.05, 0.1) is 13.2 Å². The second-order valence-electron chi connectivity index (χ2n) is 5.40. The Bertz CT molecular complexity index is 603. The van der Waals surface area contributed by atoms with E-state index in [-0.39, 0.29) is 0 Å². The average Bonchev–Trinajstić information content (AvgIpc) is 2.60. The van der Waals surface area contributed by atoms with E-state index in [0.717, 1.165) is 37.3 Å². The molecule has 0 aliphatic rings. The molecular weight excluding hydrogens is 320 g/mol. The normalized spacial score (nSPS) is 10.2. The molecule has 0 amide bonds. The van der Waals surface area contributed by atoms with Gasteiger partial charge in [-0.2, -0.15) is 0 Å². The molecule has 2 aromatic rings. The molecule has 0 aromatic heterocycles. The van der Waals surface area contributed by atoms with Gasteiger partial charge in [-0.15, -0.1) is 0 Å². The van der Waals surface area contributed by atoms with E-state index in [4.69, 9.17) is 27.4 Å². The summed E-state index contributed by atoms with van der Waals surface area (Å²) in [4.78, 5) is 0. The molecule has 0 fully saturated rings. The molecule has 24 heavy (non-hydrogen) atoms. The zero-order chi connectivity index (χ0) is 17.0. The van der Waals surface area contributed by atoms with Gasteiger partial charge in [-0.3, -0.25) is 0 Å². The molecule has 0 saturated heterocycles. The number of ether oxygens (including phenoxy) is 2. The van der Waals surface area contributed by atoms with E-state index in [2.05, 4.69) is 17.4 Å². The Morgan fingerprint density at radius 3 is 2.04 bits per heavy atom. The van der Waals surface area contributed by atoms with Crippen LogP contribution in [0, 0.1) is 0 Å². The lowest BCUT2D eigenvalue weighted by Gasteiger charge is -2.09. The van der Waals surface area contributed by atoms with Crippen molar-refractivity contribution in [3.8, 4) is 11.5 Å². The smallest absolute Gasteiger partial charge is 0.163 e. The van der Waals surface area contributed by atoms with E-state index in [1.807, 2.05) is 42.5 Å². The monoisotopic (exact) mass is 344 g/mol. The standard InChI is InChI=1S/C19H24N2O2S/c20-19(24)21-13-12-16-8-10-18(11-9-16)23-15-5-4-14-22-17-6-2-1-3-7-17/h1-3,6-11H,4-5,12-15H2,(H3,20,21,24). The minimum Gasteiger partial charge on any atom is -0.494 e. The maximum Gasteiger partial charge on any atom is 0.163 e. The Kier molecular flexibility index (Phi) is 7.90.